The van der Waals surface area contributed by atoms with Crippen LogP contribution in [0.4, 0.5) is 4.39 Å². The van der Waals surface area contributed by atoms with Crippen molar-refractivity contribution >= 4 is 11.8 Å². The van der Waals surface area contributed by atoms with Crippen molar-refractivity contribution in [3.63, 3.8) is 0 Å². The summed E-state index contributed by atoms with van der Waals surface area (Å²) in [5.41, 5.74) is 5.96. The molecule has 2 N–H and O–H groups in total. The summed E-state index contributed by atoms with van der Waals surface area (Å²) < 4.78 is 18.8. The first-order chi connectivity index (χ1) is 12.9. The summed E-state index contributed by atoms with van der Waals surface area (Å²) >= 11 is 0. The van der Waals surface area contributed by atoms with E-state index < -0.39 is 5.91 Å². The van der Waals surface area contributed by atoms with Gasteiger partial charge in [-0.15, -0.1) is 0 Å². The molecule has 3 heterocycles. The number of benzene rings is 1. The number of likely N-dealkylation sites (tertiary alicyclic amines) is 2. The summed E-state index contributed by atoms with van der Waals surface area (Å²) in [6.07, 6.45) is 0. The highest BCUT2D eigenvalue weighted by Crippen LogP contribution is 2.45. The summed E-state index contributed by atoms with van der Waals surface area (Å²) in [6, 6.07) is 6.29. The molecule has 3 atom stereocenters. The number of aromatic nitrogens is 2. The number of nitrogens with two attached hydrogens (primary N) is 1. The monoisotopic (exact) mass is 373 g/mol. The lowest BCUT2D eigenvalue weighted by Crippen LogP contribution is -2.34. The molecule has 2 aromatic rings. The van der Waals surface area contributed by atoms with E-state index in [1.54, 1.807) is 13.0 Å². The van der Waals surface area contributed by atoms with Gasteiger partial charge in [0.2, 0.25) is 11.8 Å². The highest BCUT2D eigenvalue weighted by molar-refractivity contribution is 5.88. The lowest BCUT2D eigenvalue weighted by molar-refractivity contribution is -0.130. The van der Waals surface area contributed by atoms with Crippen LogP contribution in [0.15, 0.2) is 28.8 Å². The number of halogens is 1. The minimum Gasteiger partial charge on any atom is -0.363 e. The molecule has 0 saturated carbocycles. The quantitative estimate of drug-likeness (QED) is 0.856. The molecule has 2 amide bonds. The Labute approximate surface area is 155 Å². The molecule has 0 radical (unpaired) electrons. The molecular weight excluding hydrogens is 353 g/mol. The predicted octanol–water partition coefficient (Wildman–Crippen LogP) is 0.959. The highest BCUT2D eigenvalue weighted by atomic mass is 19.1. The first-order valence-corrected chi connectivity index (χ1v) is 8.80. The molecule has 0 bridgehead atoms. The second-order valence-electron chi connectivity index (χ2n) is 7.17. The van der Waals surface area contributed by atoms with Gasteiger partial charge in [-0.25, -0.2) is 4.39 Å². The fourth-order valence-electron chi connectivity index (χ4n) is 4.32. The Balaban J connectivity index is 1.53. The van der Waals surface area contributed by atoms with Crippen LogP contribution in [0.5, 0.6) is 0 Å². The molecule has 0 aliphatic carbocycles. The number of nitrogens with zero attached hydrogens (tertiary/aromatic N) is 4. The van der Waals surface area contributed by atoms with E-state index in [1.165, 1.54) is 12.1 Å². The van der Waals surface area contributed by atoms with Crippen molar-refractivity contribution in [2.75, 3.05) is 19.6 Å². The molecule has 0 spiro atoms. The van der Waals surface area contributed by atoms with Crippen LogP contribution in [-0.4, -0.2) is 51.4 Å². The summed E-state index contributed by atoms with van der Waals surface area (Å²) in [5.74, 6) is -0.381. The third-order valence-corrected chi connectivity index (χ3v) is 5.38. The van der Waals surface area contributed by atoms with Crippen LogP contribution in [0.2, 0.25) is 0 Å². The van der Waals surface area contributed by atoms with E-state index in [4.69, 9.17) is 10.3 Å². The standard InChI is InChI=1S/C18H20FN5O3/c1-10(25)24-7-12-6-23(9-15-21-18(17(20)26)22-27-15)8-14(12)16(24)11-3-2-4-13(19)5-11/h2-5,12,14,16H,6-9H2,1H3,(H2,20,26)/t12-,14-,16-/m1/s1. The van der Waals surface area contributed by atoms with E-state index in [0.717, 1.165) is 12.1 Å². The molecule has 2 aliphatic heterocycles. The van der Waals surface area contributed by atoms with Crippen LogP contribution in [0.3, 0.4) is 0 Å². The van der Waals surface area contributed by atoms with Gasteiger partial charge in [0.15, 0.2) is 0 Å². The second kappa shape index (κ2) is 6.73. The topological polar surface area (TPSA) is 106 Å². The van der Waals surface area contributed by atoms with E-state index in [0.29, 0.717) is 25.5 Å². The first kappa shape index (κ1) is 17.6. The fourth-order valence-corrected chi connectivity index (χ4v) is 4.32. The van der Waals surface area contributed by atoms with Gasteiger partial charge in [0, 0.05) is 32.5 Å². The Morgan fingerprint density at radius 3 is 2.81 bits per heavy atom. The Hall–Kier alpha value is -2.81. The van der Waals surface area contributed by atoms with Crippen molar-refractivity contribution in [2.24, 2.45) is 17.6 Å². The third kappa shape index (κ3) is 3.30. The van der Waals surface area contributed by atoms with Crippen molar-refractivity contribution in [2.45, 2.75) is 19.5 Å². The number of hydrogen-bond donors (Lipinski definition) is 1. The van der Waals surface area contributed by atoms with E-state index in [1.807, 2.05) is 11.0 Å². The zero-order valence-electron chi connectivity index (χ0n) is 14.8. The van der Waals surface area contributed by atoms with Crippen LogP contribution >= 0.6 is 0 Å². The minimum atomic E-state index is -0.730. The van der Waals surface area contributed by atoms with Gasteiger partial charge < -0.3 is 15.2 Å². The van der Waals surface area contributed by atoms with Crippen LogP contribution in [0, 0.1) is 17.7 Å². The van der Waals surface area contributed by atoms with Gasteiger partial charge >= 0.3 is 0 Å². The number of fused-ring (bicyclic) bond motifs is 1. The van der Waals surface area contributed by atoms with Crippen molar-refractivity contribution in [1.82, 2.24) is 19.9 Å². The Morgan fingerprint density at radius 2 is 2.15 bits per heavy atom. The average molecular weight is 373 g/mol. The number of carbonyl (C=O) groups excluding carboxylic acids is 2. The molecule has 9 heteroatoms. The van der Waals surface area contributed by atoms with Gasteiger partial charge in [-0.3, -0.25) is 14.5 Å². The maximum atomic E-state index is 13.7. The molecular formula is C18H20FN5O3. The molecule has 0 unspecified atom stereocenters. The Morgan fingerprint density at radius 1 is 1.33 bits per heavy atom. The van der Waals surface area contributed by atoms with E-state index >= 15 is 0 Å². The van der Waals surface area contributed by atoms with Crippen molar-refractivity contribution in [1.29, 1.82) is 0 Å². The Bertz CT molecular complexity index is 885. The van der Waals surface area contributed by atoms with E-state index in [-0.39, 0.29) is 35.4 Å². The summed E-state index contributed by atoms with van der Waals surface area (Å²) in [6.45, 7) is 4.06. The van der Waals surface area contributed by atoms with Crippen LogP contribution in [0.1, 0.15) is 35.0 Å². The molecule has 27 heavy (non-hydrogen) atoms. The molecule has 142 valence electrons. The van der Waals surface area contributed by atoms with Crippen LogP contribution < -0.4 is 5.73 Å². The lowest BCUT2D eigenvalue weighted by Gasteiger charge is -2.29. The SMILES string of the molecule is CC(=O)N1C[C@H]2CN(Cc3nc(C(N)=O)no3)C[C@H]2[C@H]1c1cccc(F)c1. The number of primary amides is 1. The van der Waals surface area contributed by atoms with Crippen molar-refractivity contribution < 1.29 is 18.5 Å². The molecule has 2 fully saturated rings. The van der Waals surface area contributed by atoms with E-state index in [9.17, 15) is 14.0 Å². The Kier molecular flexibility index (Phi) is 4.39. The number of amides is 2. The van der Waals surface area contributed by atoms with Crippen molar-refractivity contribution in [3.05, 3.63) is 47.4 Å². The van der Waals surface area contributed by atoms with Gasteiger partial charge in [0.25, 0.3) is 11.7 Å². The maximum absolute atomic E-state index is 13.7. The van der Waals surface area contributed by atoms with Gasteiger partial charge in [-0.2, -0.15) is 4.98 Å². The zero-order chi connectivity index (χ0) is 19.1. The predicted molar refractivity (Wildman–Crippen MR) is 91.6 cm³/mol. The second-order valence-corrected chi connectivity index (χ2v) is 7.17. The van der Waals surface area contributed by atoms with Crippen LogP contribution in [-0.2, 0) is 11.3 Å². The van der Waals surface area contributed by atoms with Gasteiger partial charge in [0.05, 0.1) is 12.6 Å². The average Bonchev–Trinajstić information content (AvgIpc) is 3.29. The smallest absolute Gasteiger partial charge is 0.290 e. The maximum Gasteiger partial charge on any atom is 0.290 e. The van der Waals surface area contributed by atoms with Gasteiger partial charge in [0.1, 0.15) is 5.82 Å². The summed E-state index contributed by atoms with van der Waals surface area (Å²) in [5, 5.41) is 3.56. The van der Waals surface area contributed by atoms with Gasteiger partial charge in [-0.1, -0.05) is 17.3 Å². The highest BCUT2D eigenvalue weighted by Gasteiger charge is 2.48. The normalized spacial score (nSPS) is 25.0. The number of rotatable bonds is 4. The van der Waals surface area contributed by atoms with Crippen LogP contribution in [0.25, 0.3) is 0 Å². The number of carbonyl (C=O) groups is 2. The van der Waals surface area contributed by atoms with Gasteiger partial charge in [-0.05, 0) is 23.6 Å². The zero-order valence-corrected chi connectivity index (χ0v) is 14.8. The molecule has 2 saturated heterocycles. The molecule has 8 nitrogen and oxygen atoms in total. The minimum absolute atomic E-state index is 0.00628. The number of hydrogen-bond acceptors (Lipinski definition) is 6. The third-order valence-electron chi connectivity index (χ3n) is 5.38. The summed E-state index contributed by atoms with van der Waals surface area (Å²) in [4.78, 5) is 31.2. The van der Waals surface area contributed by atoms with Crippen molar-refractivity contribution in [3.8, 4) is 0 Å². The largest absolute Gasteiger partial charge is 0.363 e. The lowest BCUT2D eigenvalue weighted by atomic mass is 9.89. The summed E-state index contributed by atoms with van der Waals surface area (Å²) in [7, 11) is 0. The first-order valence-electron chi connectivity index (χ1n) is 8.80. The molecule has 2 aliphatic rings. The fraction of sp³-hybridized carbons (Fsp3) is 0.444. The van der Waals surface area contributed by atoms with E-state index in [2.05, 4.69) is 15.0 Å². The molecule has 4 rings (SSSR count). The molecule has 1 aromatic carbocycles. The molecule has 1 aromatic heterocycles.